The highest BCUT2D eigenvalue weighted by molar-refractivity contribution is 5.84. The fourth-order valence-corrected chi connectivity index (χ4v) is 1.84. The van der Waals surface area contributed by atoms with Gasteiger partial charge in [0.25, 0.3) is 0 Å². The van der Waals surface area contributed by atoms with Gasteiger partial charge < -0.3 is 15.4 Å². The summed E-state index contributed by atoms with van der Waals surface area (Å²) in [6.45, 7) is 0.486. The number of methoxy groups -OCH3 is 1. The molecule has 0 bridgehead atoms. The summed E-state index contributed by atoms with van der Waals surface area (Å²) in [4.78, 5) is 11.7. The zero-order valence-corrected chi connectivity index (χ0v) is 9.69. The van der Waals surface area contributed by atoms with Crippen molar-refractivity contribution < 1.29 is 22.7 Å². The molecule has 2 N–H and O–H groups in total. The van der Waals surface area contributed by atoms with Gasteiger partial charge in [-0.3, -0.25) is 4.79 Å². The average Bonchev–Trinajstić information content (AvgIpc) is 2.73. The second-order valence-electron chi connectivity index (χ2n) is 4.11. The number of carbonyl (C=O) groups is 1. The molecule has 7 heteroatoms. The van der Waals surface area contributed by atoms with Crippen molar-refractivity contribution in [3.63, 3.8) is 0 Å². The Bertz CT molecular complexity index is 263. The van der Waals surface area contributed by atoms with E-state index in [4.69, 9.17) is 4.74 Å². The summed E-state index contributed by atoms with van der Waals surface area (Å²) in [5.41, 5.74) is -2.26. The highest BCUT2D eigenvalue weighted by Crippen LogP contribution is 2.43. The molecule has 1 aliphatic heterocycles. The third-order valence-corrected chi connectivity index (χ3v) is 2.94. The number of amides is 1. The van der Waals surface area contributed by atoms with E-state index in [1.807, 2.05) is 0 Å². The van der Waals surface area contributed by atoms with Gasteiger partial charge in [0.15, 0.2) is 5.41 Å². The molecule has 0 saturated carbocycles. The summed E-state index contributed by atoms with van der Waals surface area (Å²) in [6.07, 6.45) is -4.21. The molecule has 0 aliphatic carbocycles. The van der Waals surface area contributed by atoms with Crippen LogP contribution in [-0.2, 0) is 9.53 Å². The van der Waals surface area contributed by atoms with Crippen molar-refractivity contribution in [1.29, 1.82) is 0 Å². The number of hydrogen-bond acceptors (Lipinski definition) is 3. The first-order valence-corrected chi connectivity index (χ1v) is 5.49. The minimum absolute atomic E-state index is 0.199. The molecule has 1 aliphatic rings. The lowest BCUT2D eigenvalue weighted by atomic mass is 9.85. The van der Waals surface area contributed by atoms with Gasteiger partial charge in [-0.1, -0.05) is 0 Å². The molecule has 0 aromatic carbocycles. The lowest BCUT2D eigenvalue weighted by Gasteiger charge is -2.29. The van der Waals surface area contributed by atoms with Crippen LogP contribution >= 0.6 is 0 Å². The fraction of sp³-hybridized carbons (Fsp3) is 0.900. The summed E-state index contributed by atoms with van der Waals surface area (Å²) in [7, 11) is 1.50. The molecule has 1 amide bonds. The predicted molar refractivity (Wildman–Crippen MR) is 55.5 cm³/mol. The van der Waals surface area contributed by atoms with Gasteiger partial charge in [-0.2, -0.15) is 13.2 Å². The maximum atomic E-state index is 12.9. The molecule has 1 unspecified atom stereocenters. The van der Waals surface area contributed by atoms with Crippen LogP contribution in [0.4, 0.5) is 13.2 Å². The van der Waals surface area contributed by atoms with Gasteiger partial charge in [-0.15, -0.1) is 0 Å². The van der Waals surface area contributed by atoms with E-state index >= 15 is 0 Å². The van der Waals surface area contributed by atoms with Crippen LogP contribution in [0.5, 0.6) is 0 Å². The molecule has 0 radical (unpaired) electrons. The van der Waals surface area contributed by atoms with Crippen molar-refractivity contribution in [2.24, 2.45) is 5.41 Å². The van der Waals surface area contributed by atoms with E-state index in [1.54, 1.807) is 0 Å². The van der Waals surface area contributed by atoms with Gasteiger partial charge in [0.1, 0.15) is 0 Å². The molecule has 0 aromatic heterocycles. The van der Waals surface area contributed by atoms with E-state index in [0.29, 0.717) is 13.0 Å². The molecule has 0 aromatic rings. The van der Waals surface area contributed by atoms with Crippen LogP contribution in [0, 0.1) is 5.41 Å². The maximum absolute atomic E-state index is 12.9. The van der Waals surface area contributed by atoms with Gasteiger partial charge in [-0.25, -0.2) is 0 Å². The van der Waals surface area contributed by atoms with Gasteiger partial charge in [0.2, 0.25) is 5.91 Å². The number of rotatable bonds is 5. The number of alkyl halides is 3. The molecule has 17 heavy (non-hydrogen) atoms. The van der Waals surface area contributed by atoms with Crippen molar-refractivity contribution >= 4 is 5.91 Å². The number of halogens is 3. The second-order valence-corrected chi connectivity index (χ2v) is 4.11. The summed E-state index contributed by atoms with van der Waals surface area (Å²) in [6, 6.07) is 0. The maximum Gasteiger partial charge on any atom is 0.404 e. The Hall–Kier alpha value is -0.820. The van der Waals surface area contributed by atoms with Crippen LogP contribution in [0.1, 0.15) is 12.8 Å². The third kappa shape index (κ3) is 3.10. The summed E-state index contributed by atoms with van der Waals surface area (Å²) >= 11 is 0. The van der Waals surface area contributed by atoms with Gasteiger partial charge in [0, 0.05) is 26.8 Å². The highest BCUT2D eigenvalue weighted by atomic mass is 19.4. The molecule has 1 heterocycles. The standard InChI is InChI=1S/C10H17F3N2O2/c1-17-6-2-4-15-8(16)9(10(11,12)13)3-5-14-7-9/h14H,2-7H2,1H3,(H,15,16). The minimum Gasteiger partial charge on any atom is -0.385 e. The number of carbonyl (C=O) groups excluding carboxylic acids is 1. The topological polar surface area (TPSA) is 50.4 Å². The lowest BCUT2D eigenvalue weighted by Crippen LogP contribution is -2.52. The Morgan fingerprint density at radius 3 is 2.71 bits per heavy atom. The first-order chi connectivity index (χ1) is 7.94. The molecule has 1 saturated heterocycles. The van der Waals surface area contributed by atoms with Crippen LogP contribution < -0.4 is 10.6 Å². The van der Waals surface area contributed by atoms with Crippen LogP contribution in [0.2, 0.25) is 0 Å². The van der Waals surface area contributed by atoms with E-state index in [9.17, 15) is 18.0 Å². The molecular weight excluding hydrogens is 237 g/mol. The zero-order valence-electron chi connectivity index (χ0n) is 9.69. The Kier molecular flexibility index (Phi) is 4.76. The monoisotopic (exact) mass is 254 g/mol. The number of nitrogens with one attached hydrogen (secondary N) is 2. The predicted octanol–water partition coefficient (Wildman–Crippen LogP) is 0.681. The Labute approximate surface area is 97.9 Å². The van der Waals surface area contributed by atoms with E-state index in [2.05, 4.69) is 10.6 Å². The lowest BCUT2D eigenvalue weighted by molar-refractivity contribution is -0.216. The third-order valence-electron chi connectivity index (χ3n) is 2.94. The van der Waals surface area contributed by atoms with E-state index < -0.39 is 17.5 Å². The molecule has 1 rings (SSSR count). The van der Waals surface area contributed by atoms with Gasteiger partial charge in [-0.05, 0) is 19.4 Å². The zero-order chi connectivity index (χ0) is 12.9. The van der Waals surface area contributed by atoms with Gasteiger partial charge >= 0.3 is 6.18 Å². The van der Waals surface area contributed by atoms with Crippen LogP contribution in [0.15, 0.2) is 0 Å². The van der Waals surface area contributed by atoms with Crippen molar-refractivity contribution in [1.82, 2.24) is 10.6 Å². The average molecular weight is 254 g/mol. The minimum atomic E-state index is -4.51. The van der Waals surface area contributed by atoms with Crippen LogP contribution in [0.25, 0.3) is 0 Å². The molecule has 1 fully saturated rings. The van der Waals surface area contributed by atoms with E-state index in [1.165, 1.54) is 7.11 Å². The molecule has 4 nitrogen and oxygen atoms in total. The first-order valence-electron chi connectivity index (χ1n) is 5.49. The van der Waals surface area contributed by atoms with Crippen molar-refractivity contribution in [2.75, 3.05) is 33.4 Å². The van der Waals surface area contributed by atoms with Crippen LogP contribution in [-0.4, -0.2) is 45.4 Å². The second kappa shape index (κ2) is 5.68. The smallest absolute Gasteiger partial charge is 0.385 e. The van der Waals surface area contributed by atoms with E-state index in [0.717, 1.165) is 0 Å². The number of ether oxygens (including phenoxy) is 1. The summed E-state index contributed by atoms with van der Waals surface area (Å²) in [5, 5.41) is 4.92. The Morgan fingerprint density at radius 1 is 1.53 bits per heavy atom. The molecular formula is C10H17F3N2O2. The molecule has 100 valence electrons. The van der Waals surface area contributed by atoms with Crippen molar-refractivity contribution in [3.8, 4) is 0 Å². The Morgan fingerprint density at radius 2 is 2.24 bits per heavy atom. The van der Waals surface area contributed by atoms with Crippen LogP contribution in [0.3, 0.4) is 0 Å². The number of hydrogen-bond donors (Lipinski definition) is 2. The Balaban J connectivity index is 2.56. The van der Waals surface area contributed by atoms with Crippen molar-refractivity contribution in [2.45, 2.75) is 19.0 Å². The normalized spacial score (nSPS) is 24.9. The SMILES string of the molecule is COCCCNC(=O)C1(C(F)(F)F)CCNC1. The first kappa shape index (κ1) is 14.2. The van der Waals surface area contributed by atoms with Crippen molar-refractivity contribution in [3.05, 3.63) is 0 Å². The van der Waals surface area contributed by atoms with Gasteiger partial charge in [0.05, 0.1) is 0 Å². The quantitative estimate of drug-likeness (QED) is 0.709. The summed E-state index contributed by atoms with van der Waals surface area (Å²) in [5.74, 6) is -0.939. The molecule has 1 atom stereocenters. The molecule has 0 spiro atoms. The van der Waals surface area contributed by atoms with E-state index in [-0.39, 0.29) is 26.1 Å². The highest BCUT2D eigenvalue weighted by Gasteiger charge is 2.61. The fourth-order valence-electron chi connectivity index (χ4n) is 1.84. The summed E-state index contributed by atoms with van der Waals surface area (Å²) < 4.78 is 43.5. The largest absolute Gasteiger partial charge is 0.404 e.